The van der Waals surface area contributed by atoms with E-state index < -0.39 is 0 Å². The van der Waals surface area contributed by atoms with E-state index in [1.807, 2.05) is 12.1 Å². The average molecular weight is 304 g/mol. The highest BCUT2D eigenvalue weighted by molar-refractivity contribution is 7.15. The molecule has 5 heteroatoms. The molecule has 0 unspecified atom stereocenters. The normalized spacial score (nSPS) is 17.2. The van der Waals surface area contributed by atoms with Crippen LogP contribution in [-0.2, 0) is 11.8 Å². The van der Waals surface area contributed by atoms with Gasteiger partial charge in [0.25, 0.3) is 0 Å². The number of hydrogen-bond acceptors (Lipinski definition) is 3. The van der Waals surface area contributed by atoms with Crippen molar-refractivity contribution in [3.63, 3.8) is 0 Å². The van der Waals surface area contributed by atoms with Crippen LogP contribution in [0.4, 0.5) is 0 Å². The Balaban J connectivity index is 1.67. The maximum absolute atomic E-state index is 5.99. The second-order valence-corrected chi connectivity index (χ2v) is 6.70. The molecule has 20 heavy (non-hydrogen) atoms. The molecular formula is C15H14ClN3S. The molecule has 1 fully saturated rings. The smallest absolute Gasteiger partial charge is 0.193 e. The second kappa shape index (κ2) is 4.58. The molecule has 0 atom stereocenters. The van der Waals surface area contributed by atoms with Crippen molar-refractivity contribution in [1.29, 1.82) is 0 Å². The molecule has 3 aromatic rings. The van der Waals surface area contributed by atoms with Crippen LogP contribution in [0.2, 0.25) is 5.02 Å². The summed E-state index contributed by atoms with van der Waals surface area (Å²) in [6, 6.07) is 8.23. The van der Waals surface area contributed by atoms with Gasteiger partial charge in [-0.2, -0.15) is 0 Å². The molecule has 1 aromatic carbocycles. The van der Waals surface area contributed by atoms with Gasteiger partial charge in [0, 0.05) is 47.7 Å². The molecule has 3 nitrogen and oxygen atoms in total. The lowest BCUT2D eigenvalue weighted by molar-refractivity contribution is 0.273. The van der Waals surface area contributed by atoms with Gasteiger partial charge in [-0.25, -0.2) is 4.98 Å². The van der Waals surface area contributed by atoms with Crippen molar-refractivity contribution < 1.29 is 0 Å². The summed E-state index contributed by atoms with van der Waals surface area (Å²) in [5.74, 6) is 0. The van der Waals surface area contributed by atoms with Gasteiger partial charge in [-0.1, -0.05) is 23.7 Å². The third-order valence-electron chi connectivity index (χ3n) is 4.05. The first kappa shape index (κ1) is 12.4. The van der Waals surface area contributed by atoms with Crippen molar-refractivity contribution in [2.24, 2.45) is 0 Å². The molecule has 1 aliphatic heterocycles. The minimum absolute atomic E-state index is 0.161. The molecule has 4 rings (SSSR count). The Morgan fingerprint density at radius 1 is 1.30 bits per heavy atom. The monoisotopic (exact) mass is 303 g/mol. The second-order valence-electron chi connectivity index (χ2n) is 5.39. The van der Waals surface area contributed by atoms with Gasteiger partial charge >= 0.3 is 0 Å². The highest BCUT2D eigenvalue weighted by atomic mass is 35.5. The maximum atomic E-state index is 5.99. The lowest BCUT2D eigenvalue weighted by Crippen LogP contribution is -2.58. The standard InChI is InChI=1S/C15H14ClN3S/c16-12-3-1-11(2-4-12)15(9-17-10-15)7-13-8-19-5-6-20-14(19)18-13/h1-6,8,17H,7,9-10H2. The SMILES string of the molecule is Clc1ccc(C2(Cc3cn4ccsc4n3)CNC2)cc1. The van der Waals surface area contributed by atoms with Crippen molar-refractivity contribution in [2.45, 2.75) is 11.8 Å². The summed E-state index contributed by atoms with van der Waals surface area (Å²) in [4.78, 5) is 5.78. The number of benzene rings is 1. The van der Waals surface area contributed by atoms with Crippen LogP contribution >= 0.6 is 22.9 Å². The molecule has 0 radical (unpaired) electrons. The molecular weight excluding hydrogens is 290 g/mol. The molecule has 102 valence electrons. The number of nitrogens with zero attached hydrogens (tertiary/aromatic N) is 2. The summed E-state index contributed by atoms with van der Waals surface area (Å²) >= 11 is 7.67. The number of rotatable bonds is 3. The largest absolute Gasteiger partial charge is 0.315 e. The summed E-state index contributed by atoms with van der Waals surface area (Å²) in [7, 11) is 0. The summed E-state index contributed by atoms with van der Waals surface area (Å²) in [6.45, 7) is 2.00. The number of halogens is 1. The zero-order valence-corrected chi connectivity index (χ0v) is 12.4. The molecule has 1 N–H and O–H groups in total. The third-order valence-corrected chi connectivity index (χ3v) is 5.07. The molecule has 0 spiro atoms. The predicted octanol–water partition coefficient (Wildman–Crippen LogP) is 3.13. The Bertz CT molecular complexity index is 711. The fourth-order valence-electron chi connectivity index (χ4n) is 2.87. The Hall–Kier alpha value is -1.36. The van der Waals surface area contributed by atoms with Gasteiger partial charge in [0.05, 0.1) is 5.69 Å². The van der Waals surface area contributed by atoms with Crippen molar-refractivity contribution in [3.05, 3.63) is 58.3 Å². The van der Waals surface area contributed by atoms with Gasteiger partial charge in [-0.15, -0.1) is 11.3 Å². The summed E-state index contributed by atoms with van der Waals surface area (Å²) in [5, 5.41) is 6.25. The molecule has 3 heterocycles. The molecule has 0 amide bonds. The van der Waals surface area contributed by atoms with Crippen molar-refractivity contribution >= 4 is 27.9 Å². The lowest BCUT2D eigenvalue weighted by atomic mass is 9.72. The average Bonchev–Trinajstić information content (AvgIpc) is 2.95. The van der Waals surface area contributed by atoms with Gasteiger partial charge in [-0.05, 0) is 17.7 Å². The van der Waals surface area contributed by atoms with E-state index in [-0.39, 0.29) is 5.41 Å². The Kier molecular flexibility index (Phi) is 2.84. The topological polar surface area (TPSA) is 29.3 Å². The fraction of sp³-hybridized carbons (Fsp3) is 0.267. The van der Waals surface area contributed by atoms with Gasteiger partial charge in [0.15, 0.2) is 4.96 Å². The van der Waals surface area contributed by atoms with E-state index in [2.05, 4.69) is 39.6 Å². The number of imidazole rings is 1. The highest BCUT2D eigenvalue weighted by Crippen LogP contribution is 2.33. The summed E-state index contributed by atoms with van der Waals surface area (Å²) < 4.78 is 2.10. The van der Waals surface area contributed by atoms with Gasteiger partial charge < -0.3 is 5.32 Å². The van der Waals surface area contributed by atoms with Crippen molar-refractivity contribution in [3.8, 4) is 0 Å². The van der Waals surface area contributed by atoms with E-state index in [1.165, 1.54) is 5.56 Å². The lowest BCUT2D eigenvalue weighted by Gasteiger charge is -2.43. The number of hydrogen-bond donors (Lipinski definition) is 1. The van der Waals surface area contributed by atoms with Crippen LogP contribution in [0.1, 0.15) is 11.3 Å². The van der Waals surface area contributed by atoms with Crippen LogP contribution in [0.15, 0.2) is 42.0 Å². The molecule has 1 aliphatic rings. The van der Waals surface area contributed by atoms with E-state index in [0.717, 1.165) is 35.2 Å². The number of nitrogens with one attached hydrogen (secondary N) is 1. The fourth-order valence-corrected chi connectivity index (χ4v) is 3.71. The van der Waals surface area contributed by atoms with Crippen LogP contribution in [0.5, 0.6) is 0 Å². The summed E-state index contributed by atoms with van der Waals surface area (Å²) in [6.07, 6.45) is 5.17. The molecule has 0 aliphatic carbocycles. The zero-order chi connectivity index (χ0) is 13.6. The van der Waals surface area contributed by atoms with Gasteiger partial charge in [0.2, 0.25) is 0 Å². The molecule has 1 saturated heterocycles. The van der Waals surface area contributed by atoms with E-state index in [4.69, 9.17) is 16.6 Å². The Morgan fingerprint density at radius 3 is 2.75 bits per heavy atom. The highest BCUT2D eigenvalue weighted by Gasteiger charge is 2.39. The van der Waals surface area contributed by atoms with Gasteiger partial charge in [-0.3, -0.25) is 4.40 Å². The Morgan fingerprint density at radius 2 is 2.10 bits per heavy atom. The molecule has 0 bridgehead atoms. The first-order valence-electron chi connectivity index (χ1n) is 6.63. The van der Waals surface area contributed by atoms with E-state index in [1.54, 1.807) is 11.3 Å². The Labute approximate surface area is 126 Å². The first-order chi connectivity index (χ1) is 9.75. The van der Waals surface area contributed by atoms with Crippen molar-refractivity contribution in [2.75, 3.05) is 13.1 Å². The zero-order valence-electron chi connectivity index (χ0n) is 10.8. The van der Waals surface area contributed by atoms with Crippen LogP contribution < -0.4 is 5.32 Å². The third kappa shape index (κ3) is 1.95. The quantitative estimate of drug-likeness (QED) is 0.805. The predicted molar refractivity (Wildman–Crippen MR) is 82.8 cm³/mol. The number of thiazole rings is 1. The van der Waals surface area contributed by atoms with Crippen LogP contribution in [0.3, 0.4) is 0 Å². The van der Waals surface area contributed by atoms with E-state index >= 15 is 0 Å². The minimum Gasteiger partial charge on any atom is -0.315 e. The number of fused-ring (bicyclic) bond motifs is 1. The first-order valence-corrected chi connectivity index (χ1v) is 7.89. The van der Waals surface area contributed by atoms with Crippen LogP contribution in [0.25, 0.3) is 4.96 Å². The molecule has 2 aromatic heterocycles. The van der Waals surface area contributed by atoms with Gasteiger partial charge in [0.1, 0.15) is 0 Å². The molecule has 0 saturated carbocycles. The van der Waals surface area contributed by atoms with Crippen LogP contribution in [-0.4, -0.2) is 22.5 Å². The minimum atomic E-state index is 0.161. The van der Waals surface area contributed by atoms with Crippen molar-refractivity contribution in [1.82, 2.24) is 14.7 Å². The maximum Gasteiger partial charge on any atom is 0.193 e. The van der Waals surface area contributed by atoms with E-state index in [9.17, 15) is 0 Å². The number of aromatic nitrogens is 2. The van der Waals surface area contributed by atoms with E-state index in [0.29, 0.717) is 0 Å². The van der Waals surface area contributed by atoms with Crippen LogP contribution in [0, 0.1) is 0 Å². The summed E-state index contributed by atoms with van der Waals surface area (Å²) in [5.41, 5.74) is 2.67.